The van der Waals surface area contributed by atoms with Gasteiger partial charge in [0.15, 0.2) is 0 Å². The van der Waals surface area contributed by atoms with Crippen LogP contribution in [0.2, 0.25) is 0 Å². The van der Waals surface area contributed by atoms with E-state index in [4.69, 9.17) is 0 Å². The minimum absolute atomic E-state index is 1.02. The number of hydrogen-bond acceptors (Lipinski definition) is 0. The summed E-state index contributed by atoms with van der Waals surface area (Å²) in [6.45, 7) is 0. The number of aromatic nitrogens is 1. The van der Waals surface area contributed by atoms with E-state index in [1.54, 1.807) is 0 Å². The topological polar surface area (TPSA) is 4.93 Å². The zero-order valence-corrected chi connectivity index (χ0v) is 17.2. The summed E-state index contributed by atoms with van der Waals surface area (Å²) in [6, 6.07) is 33.4. The molecule has 6 aromatic rings. The molecule has 1 nitrogen and oxygen atoms in total. The second-order valence-electron chi connectivity index (χ2n) is 8.48. The molecular formula is C30H21N. The molecule has 1 aliphatic carbocycles. The molecular weight excluding hydrogens is 374 g/mol. The van der Waals surface area contributed by atoms with Crippen LogP contribution in [-0.2, 0) is 12.8 Å². The molecule has 1 heteroatoms. The molecule has 0 unspecified atom stereocenters. The first-order valence-corrected chi connectivity index (χ1v) is 11.0. The number of para-hydroxylation sites is 2. The Morgan fingerprint density at radius 1 is 0.452 bits per heavy atom. The van der Waals surface area contributed by atoms with Crippen LogP contribution in [0.15, 0.2) is 103 Å². The molecule has 5 aromatic carbocycles. The number of nitrogens with zero attached hydrogens (tertiary/aromatic N) is 1. The summed E-state index contributed by atoms with van der Waals surface area (Å²) in [4.78, 5) is 0. The van der Waals surface area contributed by atoms with Gasteiger partial charge >= 0.3 is 0 Å². The summed E-state index contributed by atoms with van der Waals surface area (Å²) in [5.74, 6) is 0. The van der Waals surface area contributed by atoms with Crippen molar-refractivity contribution in [2.24, 2.45) is 0 Å². The summed E-state index contributed by atoms with van der Waals surface area (Å²) in [5.41, 5.74) is 6.73. The number of allylic oxidation sites excluding steroid dienone is 2. The fourth-order valence-electron chi connectivity index (χ4n) is 5.53. The molecule has 0 saturated carbocycles. The van der Waals surface area contributed by atoms with Crippen molar-refractivity contribution < 1.29 is 0 Å². The van der Waals surface area contributed by atoms with Crippen molar-refractivity contribution in [3.63, 3.8) is 0 Å². The van der Waals surface area contributed by atoms with Gasteiger partial charge in [0.05, 0.1) is 11.0 Å². The molecule has 1 aliphatic rings. The normalized spacial score (nSPS) is 13.4. The second kappa shape index (κ2) is 6.33. The third kappa shape index (κ3) is 2.32. The van der Waals surface area contributed by atoms with Crippen molar-refractivity contribution in [3.8, 4) is 5.69 Å². The SMILES string of the molecule is C1=CCc2c(c3ccccc3c3cc(-n4c5ccccc5c5ccccc54)ccc23)C1. The summed E-state index contributed by atoms with van der Waals surface area (Å²) in [5, 5.41) is 8.10. The molecule has 0 radical (unpaired) electrons. The average molecular weight is 396 g/mol. The predicted octanol–water partition coefficient (Wildman–Crippen LogP) is 7.74. The van der Waals surface area contributed by atoms with E-state index in [1.165, 1.54) is 60.2 Å². The van der Waals surface area contributed by atoms with Gasteiger partial charge in [-0.1, -0.05) is 78.9 Å². The van der Waals surface area contributed by atoms with Crippen molar-refractivity contribution in [2.75, 3.05) is 0 Å². The Morgan fingerprint density at radius 3 is 1.61 bits per heavy atom. The third-order valence-electron chi connectivity index (χ3n) is 6.88. The Balaban J connectivity index is 1.62. The summed E-state index contributed by atoms with van der Waals surface area (Å²) < 4.78 is 2.41. The maximum absolute atomic E-state index is 2.41. The van der Waals surface area contributed by atoms with E-state index >= 15 is 0 Å². The lowest BCUT2D eigenvalue weighted by Crippen LogP contribution is -2.01. The van der Waals surface area contributed by atoms with Gasteiger partial charge < -0.3 is 4.57 Å². The molecule has 0 aliphatic heterocycles. The molecule has 31 heavy (non-hydrogen) atoms. The van der Waals surface area contributed by atoms with E-state index in [2.05, 4.69) is 108 Å². The first kappa shape index (κ1) is 16.9. The van der Waals surface area contributed by atoms with E-state index in [0.29, 0.717) is 0 Å². The minimum Gasteiger partial charge on any atom is -0.309 e. The van der Waals surface area contributed by atoms with Gasteiger partial charge in [-0.15, -0.1) is 0 Å². The maximum Gasteiger partial charge on any atom is 0.0541 e. The van der Waals surface area contributed by atoms with Gasteiger partial charge in [0.25, 0.3) is 0 Å². The number of benzene rings is 5. The van der Waals surface area contributed by atoms with Crippen molar-refractivity contribution in [3.05, 3.63) is 114 Å². The van der Waals surface area contributed by atoms with Crippen LogP contribution >= 0.6 is 0 Å². The predicted molar refractivity (Wildman–Crippen MR) is 132 cm³/mol. The van der Waals surface area contributed by atoms with Crippen molar-refractivity contribution in [2.45, 2.75) is 12.8 Å². The first-order chi connectivity index (χ1) is 15.4. The lowest BCUT2D eigenvalue weighted by atomic mass is 9.86. The zero-order valence-electron chi connectivity index (χ0n) is 17.2. The molecule has 0 fully saturated rings. The summed E-state index contributed by atoms with van der Waals surface area (Å²) >= 11 is 0. The van der Waals surface area contributed by atoms with E-state index < -0.39 is 0 Å². The van der Waals surface area contributed by atoms with Crippen LogP contribution in [0.4, 0.5) is 0 Å². The fraction of sp³-hybridized carbons (Fsp3) is 0.0667. The average Bonchev–Trinajstić information content (AvgIpc) is 3.18. The Kier molecular flexibility index (Phi) is 3.45. The Hall–Kier alpha value is -3.84. The number of fused-ring (bicyclic) bond motifs is 9. The summed E-state index contributed by atoms with van der Waals surface area (Å²) in [6.07, 6.45) is 6.68. The monoisotopic (exact) mass is 395 g/mol. The third-order valence-corrected chi connectivity index (χ3v) is 6.88. The minimum atomic E-state index is 1.02. The van der Waals surface area contributed by atoms with Gasteiger partial charge in [0.1, 0.15) is 0 Å². The van der Waals surface area contributed by atoms with Crippen LogP contribution in [0.3, 0.4) is 0 Å². The highest BCUT2D eigenvalue weighted by molar-refractivity contribution is 6.13. The van der Waals surface area contributed by atoms with E-state index in [0.717, 1.165) is 12.8 Å². The quantitative estimate of drug-likeness (QED) is 0.198. The highest BCUT2D eigenvalue weighted by Gasteiger charge is 2.17. The lowest BCUT2D eigenvalue weighted by molar-refractivity contribution is 1.12. The van der Waals surface area contributed by atoms with Crippen LogP contribution in [0, 0.1) is 0 Å². The largest absolute Gasteiger partial charge is 0.309 e. The zero-order chi connectivity index (χ0) is 20.4. The maximum atomic E-state index is 2.41. The van der Waals surface area contributed by atoms with Crippen molar-refractivity contribution in [1.29, 1.82) is 0 Å². The number of rotatable bonds is 1. The lowest BCUT2D eigenvalue weighted by Gasteiger charge is -2.19. The van der Waals surface area contributed by atoms with Crippen LogP contribution < -0.4 is 0 Å². The van der Waals surface area contributed by atoms with Gasteiger partial charge in [0, 0.05) is 16.5 Å². The first-order valence-electron chi connectivity index (χ1n) is 11.0. The molecule has 0 atom stereocenters. The molecule has 0 amide bonds. The van der Waals surface area contributed by atoms with Gasteiger partial charge in [-0.2, -0.15) is 0 Å². The molecule has 7 rings (SSSR count). The van der Waals surface area contributed by atoms with Crippen LogP contribution in [0.1, 0.15) is 11.1 Å². The van der Waals surface area contributed by atoms with Gasteiger partial charge in [-0.25, -0.2) is 0 Å². The fourth-order valence-corrected chi connectivity index (χ4v) is 5.53. The van der Waals surface area contributed by atoms with Crippen LogP contribution in [0.5, 0.6) is 0 Å². The molecule has 1 aromatic heterocycles. The Labute approximate surface area is 180 Å². The molecule has 1 heterocycles. The molecule has 0 spiro atoms. The van der Waals surface area contributed by atoms with Crippen molar-refractivity contribution >= 4 is 43.4 Å². The van der Waals surface area contributed by atoms with Gasteiger partial charge in [-0.05, 0) is 69.8 Å². The smallest absolute Gasteiger partial charge is 0.0541 e. The Bertz CT molecular complexity index is 1630. The molecule has 0 bridgehead atoms. The van der Waals surface area contributed by atoms with Crippen LogP contribution in [-0.4, -0.2) is 4.57 Å². The van der Waals surface area contributed by atoms with Crippen molar-refractivity contribution in [1.82, 2.24) is 4.57 Å². The standard InChI is InChI=1S/C30H21N/c1-2-11-23-21(9-1)22-10-3-4-12-24(22)28-19-20(17-18-25(23)28)31-29-15-7-5-13-26(29)27-14-6-8-16-30(27)31/h1-8,10,12-19H,9,11H2. The summed E-state index contributed by atoms with van der Waals surface area (Å²) in [7, 11) is 0. The van der Waals surface area contributed by atoms with E-state index in [9.17, 15) is 0 Å². The van der Waals surface area contributed by atoms with E-state index in [1.807, 2.05) is 0 Å². The Morgan fingerprint density at radius 2 is 0.968 bits per heavy atom. The highest BCUT2D eigenvalue weighted by Crippen LogP contribution is 2.38. The van der Waals surface area contributed by atoms with E-state index in [-0.39, 0.29) is 0 Å². The number of hydrogen-bond donors (Lipinski definition) is 0. The molecule has 0 N–H and O–H groups in total. The second-order valence-corrected chi connectivity index (χ2v) is 8.48. The van der Waals surface area contributed by atoms with Gasteiger partial charge in [-0.3, -0.25) is 0 Å². The van der Waals surface area contributed by atoms with Gasteiger partial charge in [0.2, 0.25) is 0 Å². The van der Waals surface area contributed by atoms with Crippen LogP contribution in [0.25, 0.3) is 49.0 Å². The molecule has 146 valence electrons. The molecule has 0 saturated heterocycles. The highest BCUT2D eigenvalue weighted by atomic mass is 15.0.